The van der Waals surface area contributed by atoms with E-state index in [1.807, 2.05) is 12.2 Å². The molecule has 2 aliphatic heterocycles. The number of ether oxygens (including phenoxy) is 2. The summed E-state index contributed by atoms with van der Waals surface area (Å²) in [6.45, 7) is 1.36. The molecule has 2 aromatic heterocycles. The van der Waals surface area contributed by atoms with Crippen molar-refractivity contribution in [2.24, 2.45) is 5.92 Å². The van der Waals surface area contributed by atoms with Gasteiger partial charge >= 0.3 is 12.3 Å². The first-order chi connectivity index (χ1) is 30.5. The lowest BCUT2D eigenvalue weighted by Gasteiger charge is -2.30. The quantitative estimate of drug-likeness (QED) is 0.157. The standard InChI is InChI=1S/C45H49F3N6O9S/c1-43(21-22-43)64(59,60)53-41(57)44-24-28(44)11-5-3-2-4-6-15-32(49-42(58)62-29-12-7-8-13-29)40(56)54-25-30(23-33(54)38(55)52-44)61-39-36-35(31-14-9-10-16-34(31)63-36)50-37(51-39)26-17-19-27(20-18-26)45(46,47)48/h5,9-11,14,16-20,28-30,32-33H,2-4,6-8,12-13,15,21-25H2,1H3,(H,49,58)(H,52,55)(H,53,57)/t28-,30+,32+,33+,44-/m1/s1. The summed E-state index contributed by atoms with van der Waals surface area (Å²) in [5.41, 5.74) is -1.34. The van der Waals surface area contributed by atoms with E-state index in [0.29, 0.717) is 61.4 Å². The van der Waals surface area contributed by atoms with Crippen molar-refractivity contribution in [2.75, 3.05) is 6.54 Å². The highest BCUT2D eigenvalue weighted by Gasteiger charge is 2.63. The van der Waals surface area contributed by atoms with Crippen LogP contribution in [-0.4, -0.2) is 88.2 Å². The number of rotatable bonds is 8. The van der Waals surface area contributed by atoms with E-state index in [1.165, 1.54) is 17.0 Å². The lowest BCUT2D eigenvalue weighted by molar-refractivity contribution is -0.141. The second kappa shape index (κ2) is 16.7. The van der Waals surface area contributed by atoms with Crippen molar-refractivity contribution < 1.29 is 54.7 Å². The summed E-state index contributed by atoms with van der Waals surface area (Å²) in [5, 5.41) is 6.21. The van der Waals surface area contributed by atoms with Crippen LogP contribution in [0.1, 0.15) is 96.0 Å². The van der Waals surface area contributed by atoms with Crippen molar-refractivity contribution in [2.45, 2.75) is 131 Å². The van der Waals surface area contributed by atoms with Crippen LogP contribution in [0.25, 0.3) is 33.5 Å². The highest BCUT2D eigenvalue weighted by Crippen LogP contribution is 2.48. The maximum Gasteiger partial charge on any atom is 0.416 e. The van der Waals surface area contributed by atoms with Crippen molar-refractivity contribution in [3.63, 3.8) is 0 Å². The molecule has 4 fully saturated rings. The van der Waals surface area contributed by atoms with E-state index in [0.717, 1.165) is 31.4 Å². The Hall–Kier alpha value is -5.72. The van der Waals surface area contributed by atoms with Crippen LogP contribution in [0.15, 0.2) is 65.1 Å². The van der Waals surface area contributed by atoms with Crippen molar-refractivity contribution >= 4 is 55.9 Å². The smallest absolute Gasteiger partial charge is 0.416 e. The molecular weight excluding hydrogens is 858 g/mol. The molecule has 340 valence electrons. The summed E-state index contributed by atoms with van der Waals surface area (Å²) < 4.78 is 86.5. The molecular formula is C45H49F3N6O9S. The molecule has 1 saturated heterocycles. The highest BCUT2D eigenvalue weighted by molar-refractivity contribution is 7.91. The second-order valence-electron chi connectivity index (χ2n) is 17.9. The number of furan rings is 1. The summed E-state index contributed by atoms with van der Waals surface area (Å²) in [7, 11) is -4.07. The van der Waals surface area contributed by atoms with E-state index in [9.17, 15) is 40.8 Å². The summed E-state index contributed by atoms with van der Waals surface area (Å²) in [5.74, 6) is -2.76. The molecule has 64 heavy (non-hydrogen) atoms. The number of sulfonamides is 1. The molecule has 3 N–H and O–H groups in total. The molecule has 15 nitrogen and oxygen atoms in total. The molecule has 2 aromatic carbocycles. The number of alkyl carbamates (subject to hydrolysis) is 1. The topological polar surface area (TPSA) is 199 Å². The zero-order valence-electron chi connectivity index (χ0n) is 35.1. The zero-order valence-corrected chi connectivity index (χ0v) is 35.9. The Kier molecular flexibility index (Phi) is 11.3. The molecule has 4 aromatic rings. The van der Waals surface area contributed by atoms with Gasteiger partial charge in [-0.25, -0.2) is 18.2 Å². The molecule has 19 heteroatoms. The number of halogens is 3. The first kappa shape index (κ1) is 43.5. The third-order valence-corrected chi connectivity index (χ3v) is 15.4. The Bertz CT molecular complexity index is 2630. The number of para-hydroxylation sites is 1. The van der Waals surface area contributed by atoms with Gasteiger partial charge in [-0.15, -0.1) is 0 Å². The average Bonchev–Trinajstić information content (AvgIpc) is 3.92. The lowest BCUT2D eigenvalue weighted by atomic mass is 10.0. The summed E-state index contributed by atoms with van der Waals surface area (Å²) >= 11 is 0. The third kappa shape index (κ3) is 8.62. The fraction of sp³-hybridized carbons (Fsp3) is 0.511. The van der Waals surface area contributed by atoms with Gasteiger partial charge in [0, 0.05) is 23.3 Å². The molecule has 5 aliphatic rings. The predicted octanol–water partition coefficient (Wildman–Crippen LogP) is 6.84. The van der Waals surface area contributed by atoms with Crippen molar-refractivity contribution in [3.8, 4) is 17.3 Å². The first-order valence-electron chi connectivity index (χ1n) is 21.9. The maximum atomic E-state index is 14.8. The summed E-state index contributed by atoms with van der Waals surface area (Å²) in [6, 6.07) is 8.98. The zero-order chi connectivity index (χ0) is 45.0. The van der Waals surface area contributed by atoms with Crippen molar-refractivity contribution in [1.29, 1.82) is 0 Å². The number of hydrogen-bond acceptors (Lipinski definition) is 11. The summed E-state index contributed by atoms with van der Waals surface area (Å²) in [6.07, 6.45) is 4.12. The van der Waals surface area contributed by atoms with Gasteiger partial charge in [-0.3, -0.25) is 19.1 Å². The molecule has 3 saturated carbocycles. The van der Waals surface area contributed by atoms with Crippen molar-refractivity contribution in [3.05, 3.63) is 66.2 Å². The molecule has 4 heterocycles. The molecule has 4 amide bonds. The number of carbonyl (C=O) groups is 4. The Morgan fingerprint density at radius 3 is 2.42 bits per heavy atom. The van der Waals surface area contributed by atoms with Crippen LogP contribution >= 0.6 is 0 Å². The monoisotopic (exact) mass is 906 g/mol. The molecule has 0 spiro atoms. The molecule has 0 bridgehead atoms. The van der Waals surface area contributed by atoms with Crippen LogP contribution < -0.4 is 20.1 Å². The number of carbonyl (C=O) groups excluding carboxylic acids is 4. The van der Waals surface area contributed by atoms with Gasteiger partial charge in [-0.05, 0) is 95.4 Å². The van der Waals surface area contributed by atoms with E-state index in [4.69, 9.17) is 13.9 Å². The number of nitrogens with zero attached hydrogens (tertiary/aromatic N) is 3. The van der Waals surface area contributed by atoms with E-state index >= 15 is 0 Å². The van der Waals surface area contributed by atoms with Gasteiger partial charge in [0.05, 0.1) is 16.9 Å². The normalized spacial score (nSPS) is 26.3. The molecule has 5 atom stereocenters. The van der Waals surface area contributed by atoms with Gasteiger partial charge in [0.25, 0.3) is 11.8 Å². The number of nitrogens with one attached hydrogen (secondary N) is 3. The number of alkyl halides is 3. The predicted molar refractivity (Wildman–Crippen MR) is 226 cm³/mol. The van der Waals surface area contributed by atoms with Crippen LogP contribution in [0.2, 0.25) is 0 Å². The van der Waals surface area contributed by atoms with Crippen LogP contribution in [0.5, 0.6) is 5.88 Å². The van der Waals surface area contributed by atoms with E-state index < -0.39 is 80.0 Å². The van der Waals surface area contributed by atoms with Crippen LogP contribution in [0.4, 0.5) is 18.0 Å². The number of allylic oxidation sites excluding steroid dienone is 1. The number of amides is 4. The minimum absolute atomic E-state index is 0.0327. The van der Waals surface area contributed by atoms with E-state index in [1.54, 1.807) is 31.2 Å². The molecule has 0 unspecified atom stereocenters. The minimum atomic E-state index is -4.57. The molecule has 0 radical (unpaired) electrons. The SMILES string of the molecule is CC1(S(=O)(=O)NC(=O)[C@@]23C[C@H]2C=CCCCCC[C@H](NC(=O)OC2CCCC2)C(=O)N2C[C@@H](Oc4nc(-c5ccc(C(F)(F)F)cc5)nc5c4oc4ccccc45)C[C@H]2C(=O)N3)CC1. The van der Waals surface area contributed by atoms with Gasteiger partial charge in [0.2, 0.25) is 27.4 Å². The fourth-order valence-electron chi connectivity index (χ4n) is 9.02. The number of benzene rings is 2. The lowest BCUT2D eigenvalue weighted by Crippen LogP contribution is -2.58. The number of fused-ring (bicyclic) bond motifs is 5. The van der Waals surface area contributed by atoms with E-state index in [2.05, 4.69) is 25.3 Å². The van der Waals surface area contributed by atoms with E-state index in [-0.39, 0.29) is 54.8 Å². The van der Waals surface area contributed by atoms with Crippen LogP contribution in [0.3, 0.4) is 0 Å². The number of hydrogen-bond donors (Lipinski definition) is 3. The molecule has 3 aliphatic carbocycles. The van der Waals surface area contributed by atoms with Crippen molar-refractivity contribution in [1.82, 2.24) is 30.2 Å². The highest BCUT2D eigenvalue weighted by atomic mass is 32.2. The third-order valence-electron chi connectivity index (χ3n) is 13.3. The van der Waals surface area contributed by atoms with Crippen LogP contribution in [-0.2, 0) is 35.3 Å². The Balaban J connectivity index is 1.06. The molecule has 9 rings (SSSR count). The Morgan fingerprint density at radius 1 is 0.953 bits per heavy atom. The minimum Gasteiger partial charge on any atom is -0.470 e. The van der Waals surface area contributed by atoms with Crippen LogP contribution in [0, 0.1) is 5.92 Å². The van der Waals surface area contributed by atoms with Gasteiger partial charge in [0.15, 0.2) is 5.82 Å². The summed E-state index contributed by atoms with van der Waals surface area (Å²) in [4.78, 5) is 67.3. The maximum absolute atomic E-state index is 14.8. The average molecular weight is 907 g/mol. The second-order valence-corrected chi connectivity index (χ2v) is 20.1. The Labute approximate surface area is 366 Å². The first-order valence-corrected chi connectivity index (χ1v) is 23.4. The van der Waals surface area contributed by atoms with Gasteiger partial charge in [0.1, 0.15) is 40.9 Å². The Morgan fingerprint density at radius 2 is 1.69 bits per heavy atom. The van der Waals surface area contributed by atoms with Gasteiger partial charge in [-0.1, -0.05) is 49.3 Å². The fourth-order valence-corrected chi connectivity index (χ4v) is 10.3. The van der Waals surface area contributed by atoms with Gasteiger partial charge < -0.3 is 29.4 Å². The number of aromatic nitrogens is 2. The van der Waals surface area contributed by atoms with Gasteiger partial charge in [-0.2, -0.15) is 18.2 Å². The largest absolute Gasteiger partial charge is 0.470 e.